The van der Waals surface area contributed by atoms with Crippen molar-refractivity contribution in [1.29, 1.82) is 0 Å². The normalized spacial score (nSPS) is 10.3. The molecule has 0 bridgehead atoms. The summed E-state index contributed by atoms with van der Waals surface area (Å²) in [6, 6.07) is 11.4. The summed E-state index contributed by atoms with van der Waals surface area (Å²) in [4.78, 5) is 4.32. The summed E-state index contributed by atoms with van der Waals surface area (Å²) in [6.45, 7) is 2.43. The zero-order valence-electron chi connectivity index (χ0n) is 9.48. The molecule has 0 unspecified atom stereocenters. The van der Waals surface area contributed by atoms with E-state index in [2.05, 4.69) is 20.9 Å². The maximum atomic E-state index is 5.67. The van der Waals surface area contributed by atoms with Crippen LogP contribution in [-0.4, -0.2) is 4.98 Å². The van der Waals surface area contributed by atoms with E-state index in [1.165, 1.54) is 0 Å². The van der Waals surface area contributed by atoms with Gasteiger partial charge in [0.2, 0.25) is 5.88 Å². The lowest BCUT2D eigenvalue weighted by Crippen LogP contribution is -1.96. The van der Waals surface area contributed by atoms with Crippen LogP contribution in [0, 0.1) is 6.92 Å². The first-order valence-electron chi connectivity index (χ1n) is 5.29. The van der Waals surface area contributed by atoms with Crippen LogP contribution >= 0.6 is 15.9 Å². The van der Waals surface area contributed by atoms with Gasteiger partial charge in [0.05, 0.1) is 5.69 Å². The molecule has 4 heteroatoms. The highest BCUT2D eigenvalue weighted by Crippen LogP contribution is 2.23. The Hall–Kier alpha value is -1.39. The van der Waals surface area contributed by atoms with Crippen LogP contribution in [0.15, 0.2) is 40.9 Å². The smallest absolute Gasteiger partial charge is 0.219 e. The minimum Gasteiger partial charge on any atom is -0.439 e. The number of aryl methyl sites for hydroxylation is 1. The molecule has 2 N–H and O–H groups in total. The summed E-state index contributed by atoms with van der Waals surface area (Å²) >= 11 is 3.40. The lowest BCUT2D eigenvalue weighted by atomic mass is 10.2. The zero-order valence-corrected chi connectivity index (χ0v) is 11.1. The second kappa shape index (κ2) is 5.29. The van der Waals surface area contributed by atoms with Crippen molar-refractivity contribution < 1.29 is 4.74 Å². The number of rotatable bonds is 3. The molecular formula is C13H13BrN2O. The van der Waals surface area contributed by atoms with Gasteiger partial charge in [0.1, 0.15) is 5.75 Å². The second-order valence-corrected chi connectivity index (χ2v) is 4.52. The van der Waals surface area contributed by atoms with Crippen molar-refractivity contribution in [1.82, 2.24) is 4.98 Å². The number of nitrogens with zero attached hydrogens (tertiary/aromatic N) is 1. The van der Waals surface area contributed by atoms with Crippen LogP contribution in [0.3, 0.4) is 0 Å². The van der Waals surface area contributed by atoms with Gasteiger partial charge >= 0.3 is 0 Å². The maximum absolute atomic E-state index is 5.67. The standard InChI is InChI=1S/C13H13BrN2O/c1-9-12(14)5-6-13(16-9)17-11-4-2-3-10(7-11)8-15/h2-7H,8,15H2,1H3. The fraction of sp³-hybridized carbons (Fsp3) is 0.154. The molecule has 0 saturated carbocycles. The van der Waals surface area contributed by atoms with Gasteiger partial charge in [-0.15, -0.1) is 0 Å². The lowest BCUT2D eigenvalue weighted by Gasteiger charge is -2.07. The fourth-order valence-corrected chi connectivity index (χ4v) is 1.66. The number of hydrogen-bond acceptors (Lipinski definition) is 3. The van der Waals surface area contributed by atoms with Crippen molar-refractivity contribution >= 4 is 15.9 Å². The highest BCUT2D eigenvalue weighted by molar-refractivity contribution is 9.10. The van der Waals surface area contributed by atoms with Crippen molar-refractivity contribution in [3.63, 3.8) is 0 Å². The second-order valence-electron chi connectivity index (χ2n) is 3.67. The van der Waals surface area contributed by atoms with Crippen molar-refractivity contribution in [3.05, 3.63) is 52.1 Å². The van der Waals surface area contributed by atoms with E-state index in [1.54, 1.807) is 0 Å². The molecule has 1 aromatic carbocycles. The quantitative estimate of drug-likeness (QED) is 0.943. The van der Waals surface area contributed by atoms with Gasteiger partial charge in [-0.1, -0.05) is 12.1 Å². The molecule has 3 nitrogen and oxygen atoms in total. The van der Waals surface area contributed by atoms with E-state index in [9.17, 15) is 0 Å². The predicted octanol–water partition coefficient (Wildman–Crippen LogP) is 3.40. The van der Waals surface area contributed by atoms with E-state index in [0.717, 1.165) is 21.5 Å². The first-order chi connectivity index (χ1) is 8.19. The largest absolute Gasteiger partial charge is 0.439 e. The lowest BCUT2D eigenvalue weighted by molar-refractivity contribution is 0.461. The Labute approximate surface area is 109 Å². The molecule has 0 saturated heterocycles. The first-order valence-corrected chi connectivity index (χ1v) is 6.08. The molecule has 2 aromatic rings. The SMILES string of the molecule is Cc1nc(Oc2cccc(CN)c2)ccc1Br. The van der Waals surface area contributed by atoms with Gasteiger partial charge in [-0.2, -0.15) is 0 Å². The van der Waals surface area contributed by atoms with E-state index in [1.807, 2.05) is 43.3 Å². The highest BCUT2D eigenvalue weighted by Gasteiger charge is 2.02. The first kappa shape index (κ1) is 12.1. The summed E-state index contributed by atoms with van der Waals surface area (Å²) in [5.74, 6) is 1.34. The number of ether oxygens (including phenoxy) is 1. The number of halogens is 1. The molecular weight excluding hydrogens is 280 g/mol. The Balaban J connectivity index is 2.22. The summed E-state index contributed by atoms with van der Waals surface area (Å²) in [5.41, 5.74) is 7.52. The Morgan fingerprint density at radius 2 is 2.12 bits per heavy atom. The van der Waals surface area contributed by atoms with Crippen molar-refractivity contribution in [2.24, 2.45) is 5.73 Å². The highest BCUT2D eigenvalue weighted by atomic mass is 79.9. The molecule has 0 spiro atoms. The maximum Gasteiger partial charge on any atom is 0.219 e. The number of benzene rings is 1. The minimum atomic E-state index is 0.504. The van der Waals surface area contributed by atoms with E-state index >= 15 is 0 Å². The van der Waals surface area contributed by atoms with Gasteiger partial charge in [-0.25, -0.2) is 4.98 Å². The van der Waals surface area contributed by atoms with Crippen molar-refractivity contribution in [2.75, 3.05) is 0 Å². The summed E-state index contributed by atoms with van der Waals surface area (Å²) < 4.78 is 6.64. The average Bonchev–Trinajstić information content (AvgIpc) is 2.34. The van der Waals surface area contributed by atoms with Crippen molar-refractivity contribution in [3.8, 4) is 11.6 Å². The summed E-state index contributed by atoms with van der Waals surface area (Å²) in [7, 11) is 0. The number of pyridine rings is 1. The van der Waals surface area contributed by atoms with E-state index in [4.69, 9.17) is 10.5 Å². The van der Waals surface area contributed by atoms with E-state index in [-0.39, 0.29) is 0 Å². The summed E-state index contributed by atoms with van der Waals surface area (Å²) in [5, 5.41) is 0. The molecule has 2 rings (SSSR count). The molecule has 88 valence electrons. The van der Waals surface area contributed by atoms with Gasteiger partial charge in [-0.3, -0.25) is 0 Å². The molecule has 0 atom stereocenters. The predicted molar refractivity (Wildman–Crippen MR) is 71.1 cm³/mol. The number of hydrogen-bond donors (Lipinski definition) is 1. The zero-order chi connectivity index (χ0) is 12.3. The van der Waals surface area contributed by atoms with Crippen LogP contribution in [0.1, 0.15) is 11.3 Å². The molecule has 0 fully saturated rings. The molecule has 0 aliphatic carbocycles. The van der Waals surface area contributed by atoms with Gasteiger partial charge in [0, 0.05) is 17.1 Å². The molecule has 1 aromatic heterocycles. The monoisotopic (exact) mass is 292 g/mol. The molecule has 0 aliphatic rings. The summed E-state index contributed by atoms with van der Waals surface area (Å²) in [6.07, 6.45) is 0. The third-order valence-corrected chi connectivity index (χ3v) is 3.19. The van der Waals surface area contributed by atoms with Crippen LogP contribution < -0.4 is 10.5 Å². The van der Waals surface area contributed by atoms with Gasteiger partial charge in [0.25, 0.3) is 0 Å². The Kier molecular flexibility index (Phi) is 3.76. The van der Waals surface area contributed by atoms with Crippen LogP contribution in [0.2, 0.25) is 0 Å². The molecule has 0 radical (unpaired) electrons. The Morgan fingerprint density at radius 3 is 2.82 bits per heavy atom. The Morgan fingerprint density at radius 1 is 1.29 bits per heavy atom. The fourth-order valence-electron chi connectivity index (χ4n) is 1.43. The van der Waals surface area contributed by atoms with Crippen LogP contribution in [0.4, 0.5) is 0 Å². The van der Waals surface area contributed by atoms with Gasteiger partial charge in [0.15, 0.2) is 0 Å². The molecule has 17 heavy (non-hydrogen) atoms. The van der Waals surface area contributed by atoms with Gasteiger partial charge in [-0.05, 0) is 46.6 Å². The van der Waals surface area contributed by atoms with Crippen LogP contribution in [0.5, 0.6) is 11.6 Å². The van der Waals surface area contributed by atoms with E-state index < -0.39 is 0 Å². The van der Waals surface area contributed by atoms with Gasteiger partial charge < -0.3 is 10.5 Å². The number of aromatic nitrogens is 1. The molecule has 0 aliphatic heterocycles. The third kappa shape index (κ3) is 3.05. The topological polar surface area (TPSA) is 48.1 Å². The molecule has 1 heterocycles. The molecule has 0 amide bonds. The third-order valence-electron chi connectivity index (χ3n) is 2.35. The average molecular weight is 293 g/mol. The van der Waals surface area contributed by atoms with Crippen LogP contribution in [-0.2, 0) is 6.54 Å². The van der Waals surface area contributed by atoms with Crippen LogP contribution in [0.25, 0.3) is 0 Å². The van der Waals surface area contributed by atoms with E-state index in [0.29, 0.717) is 12.4 Å². The minimum absolute atomic E-state index is 0.504. The van der Waals surface area contributed by atoms with Crippen molar-refractivity contribution in [2.45, 2.75) is 13.5 Å². The Bertz CT molecular complexity index is 529. The number of nitrogens with two attached hydrogens (primary N) is 1.